The summed E-state index contributed by atoms with van der Waals surface area (Å²) < 4.78 is 20.1. The van der Waals surface area contributed by atoms with Crippen molar-refractivity contribution < 1.29 is 18.5 Å². The van der Waals surface area contributed by atoms with E-state index in [1.807, 2.05) is 6.08 Å². The van der Waals surface area contributed by atoms with Gasteiger partial charge < -0.3 is 4.89 Å². The normalized spacial score (nSPS) is 27.6. The highest BCUT2D eigenvalue weighted by atomic mass is 31.2. The van der Waals surface area contributed by atoms with Gasteiger partial charge in [-0.3, -0.25) is 9.05 Å². The Morgan fingerprint density at radius 1 is 1.82 bits per heavy atom. The molecule has 1 rings (SSSR count). The second-order valence-electron chi connectivity index (χ2n) is 2.19. The summed E-state index contributed by atoms with van der Waals surface area (Å²) in [6.07, 6.45) is 4.05. The van der Waals surface area contributed by atoms with Crippen molar-refractivity contribution in [2.75, 3.05) is 6.61 Å². The SMILES string of the molecule is CCOP(=O)(O)OC1C=CC1. The van der Waals surface area contributed by atoms with E-state index in [0.29, 0.717) is 6.42 Å². The zero-order valence-electron chi connectivity index (χ0n) is 6.27. The minimum absolute atomic E-state index is 0.185. The van der Waals surface area contributed by atoms with Gasteiger partial charge in [0, 0.05) is 0 Å². The van der Waals surface area contributed by atoms with Crippen LogP contribution in [-0.4, -0.2) is 17.6 Å². The summed E-state index contributed by atoms with van der Waals surface area (Å²) in [4.78, 5) is 8.93. The molecule has 1 N–H and O–H groups in total. The van der Waals surface area contributed by atoms with Gasteiger partial charge in [0.25, 0.3) is 0 Å². The van der Waals surface area contributed by atoms with E-state index < -0.39 is 7.82 Å². The number of hydrogen-bond acceptors (Lipinski definition) is 3. The van der Waals surface area contributed by atoms with E-state index in [4.69, 9.17) is 9.42 Å². The molecule has 0 aliphatic heterocycles. The molecule has 0 radical (unpaired) electrons. The maximum Gasteiger partial charge on any atom is 0.472 e. The molecule has 0 aromatic carbocycles. The molecular formula is C6H11O4P. The first-order valence-electron chi connectivity index (χ1n) is 3.46. The van der Waals surface area contributed by atoms with Crippen molar-refractivity contribution in [3.63, 3.8) is 0 Å². The van der Waals surface area contributed by atoms with Gasteiger partial charge in [-0.1, -0.05) is 12.2 Å². The Hall–Kier alpha value is -0.150. The highest BCUT2D eigenvalue weighted by molar-refractivity contribution is 7.47. The molecule has 0 aromatic rings. The lowest BCUT2D eigenvalue weighted by Gasteiger charge is -2.20. The van der Waals surface area contributed by atoms with E-state index in [-0.39, 0.29) is 12.7 Å². The van der Waals surface area contributed by atoms with Crippen LogP contribution in [0.2, 0.25) is 0 Å². The van der Waals surface area contributed by atoms with Crippen molar-refractivity contribution in [3.8, 4) is 0 Å². The molecule has 1 aliphatic rings. The van der Waals surface area contributed by atoms with Crippen LogP contribution in [0.25, 0.3) is 0 Å². The molecule has 0 heterocycles. The molecule has 2 atom stereocenters. The summed E-state index contributed by atoms with van der Waals surface area (Å²) in [6, 6.07) is 0. The van der Waals surface area contributed by atoms with Gasteiger partial charge in [0.2, 0.25) is 0 Å². The summed E-state index contributed by atoms with van der Waals surface area (Å²) in [5, 5.41) is 0. The van der Waals surface area contributed by atoms with Crippen molar-refractivity contribution in [2.24, 2.45) is 0 Å². The summed E-state index contributed by atoms with van der Waals surface area (Å²) in [5.41, 5.74) is 0. The summed E-state index contributed by atoms with van der Waals surface area (Å²) in [6.45, 7) is 1.83. The van der Waals surface area contributed by atoms with Crippen molar-refractivity contribution in [3.05, 3.63) is 12.2 Å². The molecule has 11 heavy (non-hydrogen) atoms. The van der Waals surface area contributed by atoms with Gasteiger partial charge in [-0.15, -0.1) is 0 Å². The van der Waals surface area contributed by atoms with Crippen LogP contribution in [0.4, 0.5) is 0 Å². The van der Waals surface area contributed by atoms with E-state index in [1.165, 1.54) is 0 Å². The van der Waals surface area contributed by atoms with Crippen molar-refractivity contribution >= 4 is 7.82 Å². The minimum atomic E-state index is -3.77. The lowest BCUT2D eigenvalue weighted by molar-refractivity contribution is 0.123. The summed E-state index contributed by atoms with van der Waals surface area (Å²) in [5.74, 6) is 0. The summed E-state index contributed by atoms with van der Waals surface area (Å²) in [7, 11) is -3.77. The zero-order chi connectivity index (χ0) is 8.32. The standard InChI is InChI=1S/C6H11O4P/c1-2-9-11(7,8)10-6-4-3-5-6/h3-4,6H,2,5H2,1H3,(H,7,8). The molecule has 0 saturated heterocycles. The van der Waals surface area contributed by atoms with Crippen LogP contribution < -0.4 is 0 Å². The third-order valence-electron chi connectivity index (χ3n) is 1.28. The molecule has 0 aromatic heterocycles. The molecule has 1 aliphatic carbocycles. The molecule has 0 spiro atoms. The van der Waals surface area contributed by atoms with Gasteiger partial charge in [0.1, 0.15) is 0 Å². The largest absolute Gasteiger partial charge is 0.472 e. The molecule has 0 fully saturated rings. The van der Waals surface area contributed by atoms with Crippen LogP contribution in [-0.2, 0) is 13.6 Å². The fraction of sp³-hybridized carbons (Fsp3) is 0.667. The molecule has 0 saturated carbocycles. The third kappa shape index (κ3) is 2.75. The zero-order valence-corrected chi connectivity index (χ0v) is 7.16. The van der Waals surface area contributed by atoms with Gasteiger partial charge in [0.05, 0.1) is 12.7 Å². The number of hydrogen-bond donors (Lipinski definition) is 1. The molecule has 4 nitrogen and oxygen atoms in total. The first kappa shape index (κ1) is 8.94. The van der Waals surface area contributed by atoms with Crippen molar-refractivity contribution in [1.82, 2.24) is 0 Å². The topological polar surface area (TPSA) is 55.8 Å². The fourth-order valence-corrected chi connectivity index (χ4v) is 1.58. The smallest absolute Gasteiger partial charge is 0.302 e. The van der Waals surface area contributed by atoms with Crippen molar-refractivity contribution in [2.45, 2.75) is 19.4 Å². The second kappa shape index (κ2) is 3.50. The Morgan fingerprint density at radius 3 is 2.82 bits per heavy atom. The summed E-state index contributed by atoms with van der Waals surface area (Å²) >= 11 is 0. The molecule has 64 valence electrons. The number of phosphoric ester groups is 1. The Kier molecular flexibility index (Phi) is 2.84. The van der Waals surface area contributed by atoms with Gasteiger partial charge in [-0.2, -0.15) is 0 Å². The average Bonchev–Trinajstić information content (AvgIpc) is 1.79. The van der Waals surface area contributed by atoms with E-state index >= 15 is 0 Å². The highest BCUT2D eigenvalue weighted by Crippen LogP contribution is 2.46. The van der Waals surface area contributed by atoms with Crippen LogP contribution in [0.1, 0.15) is 13.3 Å². The Morgan fingerprint density at radius 2 is 2.45 bits per heavy atom. The fourth-order valence-electron chi connectivity index (χ4n) is 0.690. The number of phosphoric acid groups is 1. The van der Waals surface area contributed by atoms with Crippen LogP contribution in [0.3, 0.4) is 0 Å². The molecule has 0 bridgehead atoms. The van der Waals surface area contributed by atoms with E-state index in [9.17, 15) is 4.57 Å². The quantitative estimate of drug-likeness (QED) is 0.523. The van der Waals surface area contributed by atoms with Crippen molar-refractivity contribution in [1.29, 1.82) is 0 Å². The number of rotatable bonds is 4. The van der Waals surface area contributed by atoms with Crippen LogP contribution in [0.15, 0.2) is 12.2 Å². The van der Waals surface area contributed by atoms with Gasteiger partial charge >= 0.3 is 7.82 Å². The predicted molar refractivity (Wildman–Crippen MR) is 40.1 cm³/mol. The van der Waals surface area contributed by atoms with Gasteiger partial charge in [-0.05, 0) is 13.3 Å². The van der Waals surface area contributed by atoms with E-state index in [1.54, 1.807) is 13.0 Å². The molecular weight excluding hydrogens is 167 g/mol. The average molecular weight is 178 g/mol. The van der Waals surface area contributed by atoms with Crippen LogP contribution >= 0.6 is 7.82 Å². The highest BCUT2D eigenvalue weighted by Gasteiger charge is 2.26. The van der Waals surface area contributed by atoms with Gasteiger partial charge in [-0.25, -0.2) is 4.57 Å². The Balaban J connectivity index is 2.33. The lowest BCUT2D eigenvalue weighted by atomic mass is 10.1. The predicted octanol–water partition coefficient (Wildman–Crippen LogP) is 1.47. The van der Waals surface area contributed by atoms with Crippen LogP contribution in [0, 0.1) is 0 Å². The second-order valence-corrected chi connectivity index (χ2v) is 3.60. The monoisotopic (exact) mass is 178 g/mol. The maximum absolute atomic E-state index is 10.9. The van der Waals surface area contributed by atoms with Crippen LogP contribution in [0.5, 0.6) is 0 Å². The Labute approximate surface area is 65.4 Å². The molecule has 0 amide bonds. The first-order valence-corrected chi connectivity index (χ1v) is 4.96. The minimum Gasteiger partial charge on any atom is -0.302 e. The molecule has 2 unspecified atom stereocenters. The Bertz CT molecular complexity index is 201. The van der Waals surface area contributed by atoms with E-state index in [2.05, 4.69) is 4.52 Å². The first-order chi connectivity index (χ1) is 5.14. The lowest BCUT2D eigenvalue weighted by Crippen LogP contribution is -2.14. The van der Waals surface area contributed by atoms with Gasteiger partial charge in [0.15, 0.2) is 0 Å². The maximum atomic E-state index is 10.9. The third-order valence-corrected chi connectivity index (χ3v) is 2.40. The molecule has 5 heteroatoms. The van der Waals surface area contributed by atoms with E-state index in [0.717, 1.165) is 0 Å².